The predicted octanol–water partition coefficient (Wildman–Crippen LogP) is 4.55. The normalized spacial score (nSPS) is 15.8. The zero-order chi connectivity index (χ0) is 16.1. The number of nitrogens with one attached hydrogen (secondary N) is 1. The molecule has 0 saturated carbocycles. The fourth-order valence-electron chi connectivity index (χ4n) is 2.71. The molecule has 0 aliphatic rings. The smallest absolute Gasteiger partial charge is 0.0446 e. The van der Waals surface area contributed by atoms with E-state index < -0.39 is 0 Å². The van der Waals surface area contributed by atoms with Crippen molar-refractivity contribution in [3.8, 4) is 0 Å². The van der Waals surface area contributed by atoms with Crippen LogP contribution in [0.25, 0.3) is 0 Å². The SMILES string of the molecule is CC(C)(C)CC(NC(CCO)C(C)(C)C)c1ccccc1. The van der Waals surface area contributed by atoms with E-state index in [0.29, 0.717) is 12.1 Å². The molecule has 1 aromatic rings. The monoisotopic (exact) mass is 291 g/mol. The van der Waals surface area contributed by atoms with Gasteiger partial charge >= 0.3 is 0 Å². The van der Waals surface area contributed by atoms with Crippen LogP contribution in [0, 0.1) is 10.8 Å². The lowest BCUT2D eigenvalue weighted by Crippen LogP contribution is -2.43. The maximum Gasteiger partial charge on any atom is 0.0446 e. The van der Waals surface area contributed by atoms with Crippen molar-refractivity contribution in [1.29, 1.82) is 0 Å². The van der Waals surface area contributed by atoms with Crippen molar-refractivity contribution >= 4 is 0 Å². The molecule has 0 amide bonds. The van der Waals surface area contributed by atoms with Gasteiger partial charge in [0, 0.05) is 18.7 Å². The molecule has 2 unspecified atom stereocenters. The molecule has 1 rings (SSSR count). The van der Waals surface area contributed by atoms with Gasteiger partial charge < -0.3 is 10.4 Å². The molecule has 0 aliphatic heterocycles. The number of aliphatic hydroxyl groups is 1. The maximum atomic E-state index is 9.38. The highest BCUT2D eigenvalue weighted by Gasteiger charge is 2.29. The summed E-state index contributed by atoms with van der Waals surface area (Å²) in [6.45, 7) is 13.8. The third-order valence-corrected chi connectivity index (χ3v) is 3.88. The van der Waals surface area contributed by atoms with E-state index in [9.17, 15) is 5.11 Å². The van der Waals surface area contributed by atoms with Gasteiger partial charge in [0.25, 0.3) is 0 Å². The molecule has 0 fully saturated rings. The van der Waals surface area contributed by atoms with Crippen molar-refractivity contribution in [2.24, 2.45) is 10.8 Å². The molecular formula is C19H33NO. The molecule has 0 heterocycles. The summed E-state index contributed by atoms with van der Waals surface area (Å²) >= 11 is 0. The van der Waals surface area contributed by atoms with Gasteiger partial charge in [0.1, 0.15) is 0 Å². The van der Waals surface area contributed by atoms with Crippen molar-refractivity contribution in [3.63, 3.8) is 0 Å². The Kier molecular flexibility index (Phi) is 6.42. The zero-order valence-corrected chi connectivity index (χ0v) is 14.6. The molecule has 2 heteroatoms. The Morgan fingerprint density at radius 2 is 1.57 bits per heavy atom. The quantitative estimate of drug-likeness (QED) is 0.806. The van der Waals surface area contributed by atoms with Crippen LogP contribution in [-0.4, -0.2) is 17.8 Å². The molecule has 21 heavy (non-hydrogen) atoms. The Balaban J connectivity index is 2.96. The van der Waals surface area contributed by atoms with Crippen LogP contribution in [0.3, 0.4) is 0 Å². The first kappa shape index (κ1) is 18.2. The molecule has 0 aliphatic carbocycles. The first-order chi connectivity index (χ1) is 9.63. The molecule has 0 aromatic heterocycles. The molecule has 2 nitrogen and oxygen atoms in total. The van der Waals surface area contributed by atoms with Gasteiger partial charge in [-0.15, -0.1) is 0 Å². The van der Waals surface area contributed by atoms with Crippen LogP contribution in [0.1, 0.15) is 66.0 Å². The van der Waals surface area contributed by atoms with Crippen molar-refractivity contribution in [1.82, 2.24) is 5.32 Å². The van der Waals surface area contributed by atoms with Crippen molar-refractivity contribution in [2.75, 3.05) is 6.61 Å². The maximum absolute atomic E-state index is 9.38. The lowest BCUT2D eigenvalue weighted by Gasteiger charge is -2.37. The second-order valence-corrected chi connectivity index (χ2v) is 8.33. The molecule has 1 aromatic carbocycles. The summed E-state index contributed by atoms with van der Waals surface area (Å²) in [6, 6.07) is 11.3. The fourth-order valence-corrected chi connectivity index (χ4v) is 2.71. The van der Waals surface area contributed by atoms with Crippen LogP contribution in [0.2, 0.25) is 0 Å². The lowest BCUT2D eigenvalue weighted by molar-refractivity contribution is 0.172. The lowest BCUT2D eigenvalue weighted by atomic mass is 9.81. The third kappa shape index (κ3) is 6.62. The third-order valence-electron chi connectivity index (χ3n) is 3.88. The Morgan fingerprint density at radius 1 is 1.00 bits per heavy atom. The van der Waals surface area contributed by atoms with Gasteiger partial charge in [0.05, 0.1) is 0 Å². The van der Waals surface area contributed by atoms with E-state index in [2.05, 4.69) is 77.2 Å². The highest BCUT2D eigenvalue weighted by molar-refractivity contribution is 5.19. The van der Waals surface area contributed by atoms with Gasteiger partial charge in [-0.3, -0.25) is 0 Å². The van der Waals surface area contributed by atoms with Gasteiger partial charge in [-0.05, 0) is 29.2 Å². The Bertz CT molecular complexity index is 400. The Hall–Kier alpha value is -0.860. The highest BCUT2D eigenvalue weighted by Crippen LogP contribution is 2.32. The molecule has 2 atom stereocenters. The van der Waals surface area contributed by atoms with Crippen LogP contribution in [0.5, 0.6) is 0 Å². The van der Waals surface area contributed by atoms with Gasteiger partial charge in [0.15, 0.2) is 0 Å². The van der Waals surface area contributed by atoms with Crippen molar-refractivity contribution in [2.45, 2.75) is 66.5 Å². The van der Waals surface area contributed by atoms with E-state index in [1.165, 1.54) is 5.56 Å². The van der Waals surface area contributed by atoms with Gasteiger partial charge in [-0.1, -0.05) is 71.9 Å². The predicted molar refractivity (Wildman–Crippen MR) is 91.3 cm³/mol. The Morgan fingerprint density at radius 3 is 2.00 bits per heavy atom. The number of hydrogen-bond donors (Lipinski definition) is 2. The summed E-state index contributed by atoms with van der Waals surface area (Å²) in [5, 5.41) is 13.2. The minimum Gasteiger partial charge on any atom is -0.396 e. The molecule has 0 bridgehead atoms. The summed E-state index contributed by atoms with van der Waals surface area (Å²) in [6.07, 6.45) is 1.87. The number of rotatable bonds is 6. The zero-order valence-electron chi connectivity index (χ0n) is 14.6. The highest BCUT2D eigenvalue weighted by atomic mass is 16.3. The van der Waals surface area contributed by atoms with Gasteiger partial charge in [-0.25, -0.2) is 0 Å². The first-order valence-electron chi connectivity index (χ1n) is 8.05. The van der Waals surface area contributed by atoms with Crippen LogP contribution >= 0.6 is 0 Å². The molecule has 0 spiro atoms. The van der Waals surface area contributed by atoms with Crippen LogP contribution in [-0.2, 0) is 0 Å². The number of aliphatic hydroxyl groups excluding tert-OH is 1. The first-order valence-corrected chi connectivity index (χ1v) is 8.05. The van der Waals surface area contributed by atoms with E-state index in [4.69, 9.17) is 0 Å². The minimum atomic E-state index is 0.133. The van der Waals surface area contributed by atoms with Crippen molar-refractivity contribution in [3.05, 3.63) is 35.9 Å². The Labute approximate surface area is 131 Å². The van der Waals surface area contributed by atoms with E-state index in [1.807, 2.05) is 0 Å². The average molecular weight is 291 g/mol. The number of hydrogen-bond acceptors (Lipinski definition) is 2. The van der Waals surface area contributed by atoms with Gasteiger partial charge in [-0.2, -0.15) is 0 Å². The summed E-state index contributed by atoms with van der Waals surface area (Å²) in [5.41, 5.74) is 1.72. The minimum absolute atomic E-state index is 0.133. The topological polar surface area (TPSA) is 32.3 Å². The van der Waals surface area contributed by atoms with Crippen LogP contribution in [0.15, 0.2) is 30.3 Å². The van der Waals surface area contributed by atoms with E-state index in [-0.39, 0.29) is 17.4 Å². The molecule has 2 N–H and O–H groups in total. The van der Waals surface area contributed by atoms with Crippen LogP contribution in [0.4, 0.5) is 0 Å². The molecular weight excluding hydrogens is 258 g/mol. The standard InChI is InChI=1S/C19H33NO/c1-18(2,3)14-16(15-10-8-7-9-11-15)20-17(12-13-21)19(4,5)6/h7-11,16-17,20-21H,12-14H2,1-6H3. The average Bonchev–Trinajstić information content (AvgIpc) is 2.35. The number of benzene rings is 1. The molecule has 120 valence electrons. The van der Waals surface area contributed by atoms with E-state index in [0.717, 1.165) is 12.8 Å². The van der Waals surface area contributed by atoms with Gasteiger partial charge in [0.2, 0.25) is 0 Å². The summed E-state index contributed by atoms with van der Waals surface area (Å²) in [4.78, 5) is 0. The summed E-state index contributed by atoms with van der Waals surface area (Å²) in [7, 11) is 0. The summed E-state index contributed by atoms with van der Waals surface area (Å²) < 4.78 is 0. The summed E-state index contributed by atoms with van der Waals surface area (Å²) in [5.74, 6) is 0. The molecule has 0 radical (unpaired) electrons. The fraction of sp³-hybridized carbons (Fsp3) is 0.684. The second-order valence-electron chi connectivity index (χ2n) is 8.33. The van der Waals surface area contributed by atoms with E-state index >= 15 is 0 Å². The van der Waals surface area contributed by atoms with E-state index in [1.54, 1.807) is 0 Å². The largest absolute Gasteiger partial charge is 0.396 e. The van der Waals surface area contributed by atoms with Crippen LogP contribution < -0.4 is 5.32 Å². The molecule has 0 saturated heterocycles. The van der Waals surface area contributed by atoms with Crippen molar-refractivity contribution < 1.29 is 5.11 Å². The second kappa shape index (κ2) is 7.42.